The molecule has 0 saturated carbocycles. The van der Waals surface area contributed by atoms with Crippen LogP contribution in [0, 0.1) is 11.8 Å². The number of hydrogen-bond donors (Lipinski definition) is 2. The van der Waals surface area contributed by atoms with Crippen molar-refractivity contribution in [2.45, 2.75) is 26.3 Å². The van der Waals surface area contributed by atoms with E-state index in [1.165, 1.54) is 0 Å². The Hall–Kier alpha value is -1.75. The molecule has 2 unspecified atom stereocenters. The Morgan fingerprint density at radius 1 is 1.32 bits per heavy atom. The number of carbonyl (C=O) groups is 2. The molecule has 3 atom stereocenters. The number of nitrogens with one attached hydrogen (secondary N) is 1. The topological polar surface area (TPSA) is 69.6 Å². The third-order valence-corrected chi connectivity index (χ3v) is 4.26. The number of urea groups is 1. The lowest BCUT2D eigenvalue weighted by Gasteiger charge is -2.35. The summed E-state index contributed by atoms with van der Waals surface area (Å²) < 4.78 is 0. The number of rotatable bonds is 3. The first-order valence-electron chi connectivity index (χ1n) is 7.40. The Balaban J connectivity index is 1.98. The van der Waals surface area contributed by atoms with E-state index in [2.05, 4.69) is 5.32 Å². The molecule has 22 heavy (non-hydrogen) atoms. The second kappa shape index (κ2) is 7.01. The van der Waals surface area contributed by atoms with Crippen molar-refractivity contribution < 1.29 is 14.7 Å². The first-order chi connectivity index (χ1) is 10.4. The van der Waals surface area contributed by atoms with Crippen molar-refractivity contribution in [1.29, 1.82) is 0 Å². The molecule has 1 aromatic carbocycles. The van der Waals surface area contributed by atoms with Crippen LogP contribution in [0.3, 0.4) is 0 Å². The van der Waals surface area contributed by atoms with Crippen LogP contribution < -0.4 is 5.32 Å². The Kier molecular flexibility index (Phi) is 5.29. The van der Waals surface area contributed by atoms with E-state index in [4.69, 9.17) is 11.6 Å². The fourth-order valence-electron chi connectivity index (χ4n) is 2.81. The molecule has 2 amide bonds. The van der Waals surface area contributed by atoms with Crippen molar-refractivity contribution in [1.82, 2.24) is 10.2 Å². The predicted octanol–water partition coefficient (Wildman–Crippen LogP) is 3.15. The van der Waals surface area contributed by atoms with Gasteiger partial charge in [-0.25, -0.2) is 4.79 Å². The first-order valence-corrected chi connectivity index (χ1v) is 7.78. The molecule has 2 rings (SSSR count). The molecule has 120 valence electrons. The van der Waals surface area contributed by atoms with Gasteiger partial charge in [0.25, 0.3) is 0 Å². The van der Waals surface area contributed by atoms with Gasteiger partial charge in [0.1, 0.15) is 0 Å². The van der Waals surface area contributed by atoms with Crippen molar-refractivity contribution in [3.8, 4) is 0 Å². The minimum atomic E-state index is -0.838. The molecule has 1 fully saturated rings. The third kappa shape index (κ3) is 4.13. The highest BCUT2D eigenvalue weighted by Crippen LogP contribution is 2.23. The quantitative estimate of drug-likeness (QED) is 0.897. The van der Waals surface area contributed by atoms with Gasteiger partial charge in [0.15, 0.2) is 0 Å². The van der Waals surface area contributed by atoms with Crippen LogP contribution >= 0.6 is 11.6 Å². The molecule has 6 heteroatoms. The van der Waals surface area contributed by atoms with Crippen LogP contribution in [0.5, 0.6) is 0 Å². The number of benzene rings is 1. The average Bonchev–Trinajstić information content (AvgIpc) is 2.47. The van der Waals surface area contributed by atoms with E-state index in [-0.39, 0.29) is 24.5 Å². The van der Waals surface area contributed by atoms with Crippen LogP contribution in [0.1, 0.15) is 31.9 Å². The molecule has 1 aliphatic heterocycles. The van der Waals surface area contributed by atoms with E-state index in [1.54, 1.807) is 17.0 Å². The molecule has 1 saturated heterocycles. The van der Waals surface area contributed by atoms with E-state index < -0.39 is 11.9 Å². The summed E-state index contributed by atoms with van der Waals surface area (Å²) >= 11 is 5.85. The zero-order valence-corrected chi connectivity index (χ0v) is 13.5. The lowest BCUT2D eigenvalue weighted by molar-refractivity contribution is -0.143. The van der Waals surface area contributed by atoms with Crippen molar-refractivity contribution in [2.24, 2.45) is 11.8 Å². The summed E-state index contributed by atoms with van der Waals surface area (Å²) in [5, 5.41) is 12.7. The fourth-order valence-corrected chi connectivity index (χ4v) is 2.93. The van der Waals surface area contributed by atoms with Gasteiger partial charge in [0.2, 0.25) is 0 Å². The van der Waals surface area contributed by atoms with Gasteiger partial charge >= 0.3 is 12.0 Å². The highest BCUT2D eigenvalue weighted by molar-refractivity contribution is 6.30. The number of hydrogen-bond acceptors (Lipinski definition) is 2. The summed E-state index contributed by atoms with van der Waals surface area (Å²) in [5.41, 5.74) is 0.956. The molecule has 5 nitrogen and oxygen atoms in total. The molecule has 0 bridgehead atoms. The van der Waals surface area contributed by atoms with Gasteiger partial charge < -0.3 is 15.3 Å². The summed E-state index contributed by atoms with van der Waals surface area (Å²) in [4.78, 5) is 25.1. The molecule has 1 heterocycles. The maximum absolute atomic E-state index is 12.4. The molecule has 0 radical (unpaired) electrons. The molecule has 0 aromatic heterocycles. The monoisotopic (exact) mass is 324 g/mol. The highest BCUT2D eigenvalue weighted by atomic mass is 35.5. The van der Waals surface area contributed by atoms with Crippen LogP contribution in [0.25, 0.3) is 0 Å². The van der Waals surface area contributed by atoms with Crippen LogP contribution in [-0.4, -0.2) is 35.1 Å². The van der Waals surface area contributed by atoms with Gasteiger partial charge in [0, 0.05) is 18.1 Å². The second-order valence-corrected chi connectivity index (χ2v) is 6.44. The van der Waals surface area contributed by atoms with Crippen molar-refractivity contribution in [3.05, 3.63) is 34.9 Å². The number of aliphatic carboxylic acids is 1. The molecule has 1 aromatic rings. The van der Waals surface area contributed by atoms with Gasteiger partial charge in [-0.3, -0.25) is 4.79 Å². The van der Waals surface area contributed by atoms with E-state index in [9.17, 15) is 14.7 Å². The predicted molar refractivity (Wildman–Crippen MR) is 84.9 cm³/mol. The number of nitrogens with zero attached hydrogens (tertiary/aromatic N) is 1. The van der Waals surface area contributed by atoms with E-state index in [0.717, 1.165) is 5.56 Å². The number of carboxylic acids is 1. The van der Waals surface area contributed by atoms with Gasteiger partial charge in [-0.2, -0.15) is 0 Å². The third-order valence-electron chi connectivity index (χ3n) is 4.01. The summed E-state index contributed by atoms with van der Waals surface area (Å²) in [6, 6.07) is 6.91. The first kappa shape index (κ1) is 16.6. The molecular weight excluding hydrogens is 304 g/mol. The molecule has 0 aliphatic carbocycles. The van der Waals surface area contributed by atoms with Crippen LogP contribution in [0.4, 0.5) is 4.79 Å². The van der Waals surface area contributed by atoms with Crippen molar-refractivity contribution in [3.63, 3.8) is 0 Å². The van der Waals surface area contributed by atoms with Crippen LogP contribution in [0.15, 0.2) is 24.3 Å². The average molecular weight is 325 g/mol. The Bertz CT molecular complexity index is 547. The van der Waals surface area contributed by atoms with E-state index in [1.807, 2.05) is 26.0 Å². The zero-order chi connectivity index (χ0) is 16.3. The Labute approximate surface area is 135 Å². The number of likely N-dealkylation sites (tertiary alicyclic amines) is 1. The number of halogens is 1. The molecule has 2 N–H and O–H groups in total. The minimum Gasteiger partial charge on any atom is -0.481 e. The van der Waals surface area contributed by atoms with Crippen molar-refractivity contribution in [2.75, 3.05) is 13.1 Å². The molecule has 1 aliphatic rings. The summed E-state index contributed by atoms with van der Waals surface area (Å²) in [6.45, 7) is 4.71. The minimum absolute atomic E-state index is 0.162. The van der Waals surface area contributed by atoms with Gasteiger partial charge in [-0.05, 0) is 37.0 Å². The smallest absolute Gasteiger partial charge is 0.317 e. The van der Waals surface area contributed by atoms with Gasteiger partial charge in [-0.15, -0.1) is 0 Å². The fraction of sp³-hybridized carbons (Fsp3) is 0.500. The highest BCUT2D eigenvalue weighted by Gasteiger charge is 2.32. The maximum atomic E-state index is 12.4. The SMILES string of the molecule is CC1CC(C(=O)O)CN(C(=O)N[C@H](C)c2ccc(Cl)cc2)C1. The standard InChI is InChI=1S/C16H21ClN2O3/c1-10-7-13(15(20)21)9-19(8-10)16(22)18-11(2)12-3-5-14(17)6-4-12/h3-6,10-11,13H,7-9H2,1-2H3,(H,18,22)(H,20,21)/t10?,11-,13?/m1/s1. The largest absolute Gasteiger partial charge is 0.481 e. The Morgan fingerprint density at radius 2 is 1.95 bits per heavy atom. The molecular formula is C16H21ClN2O3. The lowest BCUT2D eigenvalue weighted by atomic mass is 9.91. The normalized spacial score (nSPS) is 23.0. The summed E-state index contributed by atoms with van der Waals surface area (Å²) in [7, 11) is 0. The Morgan fingerprint density at radius 3 is 2.55 bits per heavy atom. The maximum Gasteiger partial charge on any atom is 0.317 e. The molecule has 0 spiro atoms. The van der Waals surface area contributed by atoms with Gasteiger partial charge in [-0.1, -0.05) is 30.7 Å². The van der Waals surface area contributed by atoms with Crippen LogP contribution in [-0.2, 0) is 4.79 Å². The van der Waals surface area contributed by atoms with Crippen molar-refractivity contribution >= 4 is 23.6 Å². The second-order valence-electron chi connectivity index (χ2n) is 6.00. The summed E-state index contributed by atoms with van der Waals surface area (Å²) in [6.07, 6.45) is 0.617. The number of carboxylic acid groups (broad SMARTS) is 1. The summed E-state index contributed by atoms with van der Waals surface area (Å²) in [5.74, 6) is -1.14. The number of piperidine rings is 1. The van der Waals surface area contributed by atoms with Gasteiger partial charge in [0.05, 0.1) is 12.0 Å². The zero-order valence-electron chi connectivity index (χ0n) is 12.8. The van der Waals surface area contributed by atoms with E-state index in [0.29, 0.717) is 18.0 Å². The number of carbonyl (C=O) groups excluding carboxylic acids is 1. The number of amides is 2. The van der Waals surface area contributed by atoms with Crippen LogP contribution in [0.2, 0.25) is 5.02 Å². The van der Waals surface area contributed by atoms with E-state index >= 15 is 0 Å². The lowest BCUT2D eigenvalue weighted by Crippen LogP contribution is -2.49.